The third-order valence-corrected chi connectivity index (χ3v) is 4.88. The molecule has 3 N–H and O–H groups in total. The van der Waals surface area contributed by atoms with Crippen LogP contribution in [0.25, 0.3) is 0 Å². The highest BCUT2D eigenvalue weighted by Crippen LogP contribution is 2.23. The Balaban J connectivity index is 1.72. The van der Waals surface area contributed by atoms with E-state index in [1.165, 1.54) is 12.0 Å². The predicted octanol–water partition coefficient (Wildman–Crippen LogP) is 2.10. The molecule has 0 heterocycles. The summed E-state index contributed by atoms with van der Waals surface area (Å²) < 4.78 is 0. The van der Waals surface area contributed by atoms with E-state index in [1.807, 2.05) is 18.2 Å². The van der Waals surface area contributed by atoms with Gasteiger partial charge in [0, 0.05) is 38.5 Å². The van der Waals surface area contributed by atoms with E-state index in [1.54, 1.807) is 4.90 Å². The Kier molecular flexibility index (Phi) is 8.46. The Bertz CT molecular complexity index is 527. The number of hydrogen-bond donors (Lipinski definition) is 2. The number of nitrogens with zero attached hydrogens (tertiary/aromatic N) is 1. The SMILES string of the molecule is NCCN(CCc1ccccc1)C(=O)CCNC(=O)C1CCCCC1. The smallest absolute Gasteiger partial charge is 0.224 e. The summed E-state index contributed by atoms with van der Waals surface area (Å²) in [5.41, 5.74) is 6.86. The Hall–Kier alpha value is -1.88. The molecule has 1 aliphatic carbocycles. The van der Waals surface area contributed by atoms with Gasteiger partial charge in [0.05, 0.1) is 0 Å². The van der Waals surface area contributed by atoms with Gasteiger partial charge in [0.1, 0.15) is 0 Å². The minimum atomic E-state index is 0.0605. The van der Waals surface area contributed by atoms with Crippen LogP contribution >= 0.6 is 0 Å². The van der Waals surface area contributed by atoms with Crippen molar-refractivity contribution < 1.29 is 9.59 Å². The first-order valence-corrected chi connectivity index (χ1v) is 9.50. The first kappa shape index (κ1) is 19.4. The summed E-state index contributed by atoms with van der Waals surface area (Å²) in [4.78, 5) is 26.4. The van der Waals surface area contributed by atoms with Gasteiger partial charge in [0.25, 0.3) is 0 Å². The highest BCUT2D eigenvalue weighted by atomic mass is 16.2. The van der Waals surface area contributed by atoms with E-state index >= 15 is 0 Å². The highest BCUT2D eigenvalue weighted by molar-refractivity contribution is 5.80. The molecule has 1 saturated carbocycles. The van der Waals surface area contributed by atoms with Gasteiger partial charge in [-0.05, 0) is 24.8 Å². The van der Waals surface area contributed by atoms with Crippen molar-refractivity contribution in [3.05, 3.63) is 35.9 Å². The highest BCUT2D eigenvalue weighted by Gasteiger charge is 2.21. The molecule has 0 unspecified atom stereocenters. The lowest BCUT2D eigenvalue weighted by Gasteiger charge is -2.23. The first-order chi connectivity index (χ1) is 12.2. The molecule has 0 radical (unpaired) electrons. The van der Waals surface area contributed by atoms with Gasteiger partial charge in [-0.15, -0.1) is 0 Å². The standard InChI is InChI=1S/C20H31N3O2/c21-13-16-23(15-12-17-7-3-1-4-8-17)19(24)11-14-22-20(25)18-9-5-2-6-10-18/h1,3-4,7-8,18H,2,5-6,9-16,21H2,(H,22,25). The lowest BCUT2D eigenvalue weighted by Crippen LogP contribution is -2.39. The normalized spacial score (nSPS) is 14.9. The van der Waals surface area contributed by atoms with Gasteiger partial charge in [0.15, 0.2) is 0 Å². The average molecular weight is 345 g/mol. The monoisotopic (exact) mass is 345 g/mol. The molecule has 2 rings (SSSR count). The number of hydrogen-bond acceptors (Lipinski definition) is 3. The summed E-state index contributed by atoms with van der Waals surface area (Å²) in [6.45, 7) is 2.09. The molecule has 1 aromatic rings. The molecular formula is C20H31N3O2. The molecule has 0 aliphatic heterocycles. The van der Waals surface area contributed by atoms with Crippen LogP contribution in [0.5, 0.6) is 0 Å². The molecule has 1 fully saturated rings. The number of nitrogens with one attached hydrogen (secondary N) is 1. The second kappa shape index (κ2) is 10.9. The zero-order valence-electron chi connectivity index (χ0n) is 15.1. The largest absolute Gasteiger partial charge is 0.355 e. The molecule has 0 aromatic heterocycles. The fourth-order valence-corrected chi connectivity index (χ4v) is 3.39. The molecular weight excluding hydrogens is 314 g/mol. The number of nitrogens with two attached hydrogens (primary N) is 1. The van der Waals surface area contributed by atoms with Crippen LogP contribution in [0.3, 0.4) is 0 Å². The minimum absolute atomic E-state index is 0.0605. The summed E-state index contributed by atoms with van der Waals surface area (Å²) in [6, 6.07) is 10.1. The average Bonchev–Trinajstić information content (AvgIpc) is 2.66. The fourth-order valence-electron chi connectivity index (χ4n) is 3.39. The van der Waals surface area contributed by atoms with Crippen LogP contribution in [0.4, 0.5) is 0 Å². The van der Waals surface area contributed by atoms with Crippen LogP contribution in [-0.2, 0) is 16.0 Å². The molecule has 0 atom stereocenters. The summed E-state index contributed by atoms with van der Waals surface area (Å²) in [5.74, 6) is 0.314. The van der Waals surface area contributed by atoms with E-state index < -0.39 is 0 Å². The summed E-state index contributed by atoms with van der Waals surface area (Å²) in [7, 11) is 0. The van der Waals surface area contributed by atoms with Gasteiger partial charge in [-0.25, -0.2) is 0 Å². The van der Waals surface area contributed by atoms with Crippen LogP contribution in [0.1, 0.15) is 44.1 Å². The maximum atomic E-state index is 12.4. The van der Waals surface area contributed by atoms with Gasteiger partial charge in [-0.3, -0.25) is 9.59 Å². The first-order valence-electron chi connectivity index (χ1n) is 9.50. The Labute approximate surface area is 151 Å². The molecule has 25 heavy (non-hydrogen) atoms. The Morgan fingerprint density at radius 3 is 2.48 bits per heavy atom. The third-order valence-electron chi connectivity index (χ3n) is 4.88. The van der Waals surface area contributed by atoms with Gasteiger partial charge < -0.3 is 16.0 Å². The molecule has 1 aromatic carbocycles. The third kappa shape index (κ3) is 6.86. The second-order valence-corrected chi connectivity index (χ2v) is 6.78. The van der Waals surface area contributed by atoms with Gasteiger partial charge in [-0.1, -0.05) is 49.6 Å². The van der Waals surface area contributed by atoms with Gasteiger partial charge in [0.2, 0.25) is 11.8 Å². The maximum Gasteiger partial charge on any atom is 0.224 e. The number of carbonyl (C=O) groups is 2. The van der Waals surface area contributed by atoms with Gasteiger partial charge >= 0.3 is 0 Å². The van der Waals surface area contributed by atoms with E-state index in [0.717, 1.165) is 32.1 Å². The Morgan fingerprint density at radius 2 is 1.80 bits per heavy atom. The number of amides is 2. The van der Waals surface area contributed by atoms with Crippen molar-refractivity contribution in [2.75, 3.05) is 26.2 Å². The quantitative estimate of drug-likeness (QED) is 0.720. The van der Waals surface area contributed by atoms with Crippen molar-refractivity contribution in [2.45, 2.75) is 44.9 Å². The molecule has 0 saturated heterocycles. The van der Waals surface area contributed by atoms with Crippen LogP contribution in [0.2, 0.25) is 0 Å². The van der Waals surface area contributed by atoms with Crippen LogP contribution in [0.15, 0.2) is 30.3 Å². The predicted molar refractivity (Wildman–Crippen MR) is 100.0 cm³/mol. The molecule has 138 valence electrons. The lowest BCUT2D eigenvalue weighted by molar-refractivity contribution is -0.131. The zero-order valence-corrected chi connectivity index (χ0v) is 15.1. The van der Waals surface area contributed by atoms with E-state index in [4.69, 9.17) is 5.73 Å². The number of carbonyl (C=O) groups excluding carboxylic acids is 2. The maximum absolute atomic E-state index is 12.4. The Morgan fingerprint density at radius 1 is 1.08 bits per heavy atom. The molecule has 0 bridgehead atoms. The summed E-state index contributed by atoms with van der Waals surface area (Å²) in [6.07, 6.45) is 6.64. The minimum Gasteiger partial charge on any atom is -0.355 e. The topological polar surface area (TPSA) is 75.4 Å². The molecule has 5 heteroatoms. The zero-order chi connectivity index (χ0) is 17.9. The molecule has 1 aliphatic rings. The summed E-state index contributed by atoms with van der Waals surface area (Å²) >= 11 is 0. The van der Waals surface area contributed by atoms with E-state index in [9.17, 15) is 9.59 Å². The lowest BCUT2D eigenvalue weighted by atomic mass is 9.89. The molecule has 2 amide bonds. The van der Waals surface area contributed by atoms with Crippen molar-refractivity contribution in [3.8, 4) is 0 Å². The van der Waals surface area contributed by atoms with Crippen LogP contribution < -0.4 is 11.1 Å². The van der Waals surface area contributed by atoms with Crippen molar-refractivity contribution in [2.24, 2.45) is 11.7 Å². The second-order valence-electron chi connectivity index (χ2n) is 6.78. The van der Waals surface area contributed by atoms with Crippen LogP contribution in [-0.4, -0.2) is 42.9 Å². The van der Waals surface area contributed by atoms with Crippen molar-refractivity contribution >= 4 is 11.8 Å². The molecule has 5 nitrogen and oxygen atoms in total. The molecule has 0 spiro atoms. The number of rotatable bonds is 9. The van der Waals surface area contributed by atoms with E-state index in [2.05, 4.69) is 17.4 Å². The van der Waals surface area contributed by atoms with E-state index in [-0.39, 0.29) is 17.7 Å². The van der Waals surface area contributed by atoms with Crippen molar-refractivity contribution in [1.29, 1.82) is 0 Å². The number of benzene rings is 1. The van der Waals surface area contributed by atoms with Gasteiger partial charge in [-0.2, -0.15) is 0 Å². The van der Waals surface area contributed by atoms with Crippen molar-refractivity contribution in [1.82, 2.24) is 10.2 Å². The fraction of sp³-hybridized carbons (Fsp3) is 0.600. The van der Waals surface area contributed by atoms with Crippen molar-refractivity contribution in [3.63, 3.8) is 0 Å². The van der Waals surface area contributed by atoms with E-state index in [0.29, 0.717) is 32.6 Å². The van der Waals surface area contributed by atoms with Crippen LogP contribution in [0, 0.1) is 5.92 Å². The summed E-state index contributed by atoms with van der Waals surface area (Å²) in [5, 5.41) is 2.94.